The van der Waals surface area contributed by atoms with Crippen LogP contribution in [0.3, 0.4) is 0 Å². The van der Waals surface area contributed by atoms with E-state index in [9.17, 15) is 14.0 Å². The molecule has 3 rings (SSSR count). The topological polar surface area (TPSA) is 77.8 Å². The van der Waals surface area contributed by atoms with Crippen LogP contribution in [0.4, 0.5) is 10.1 Å². The minimum Gasteiger partial charge on any atom is -0.450 e. The summed E-state index contributed by atoms with van der Waals surface area (Å²) >= 11 is 0. The summed E-state index contributed by atoms with van der Waals surface area (Å²) in [4.78, 5) is 24.2. The lowest BCUT2D eigenvalue weighted by Crippen LogP contribution is -2.21. The maximum absolute atomic E-state index is 13.5. The summed E-state index contributed by atoms with van der Waals surface area (Å²) in [5.74, 6) is -2.05. The molecule has 0 aliphatic heterocycles. The van der Waals surface area contributed by atoms with Crippen LogP contribution in [0.15, 0.2) is 52.9 Å². The summed E-state index contributed by atoms with van der Waals surface area (Å²) in [5.41, 5.74) is 1.07. The van der Waals surface area contributed by atoms with Crippen molar-refractivity contribution in [3.05, 3.63) is 65.7 Å². The number of rotatable bonds is 6. The average Bonchev–Trinajstić information content (AvgIpc) is 3.01. The van der Waals surface area contributed by atoms with Crippen LogP contribution in [0.1, 0.15) is 16.1 Å². The Bertz CT molecular complexity index is 950. The van der Waals surface area contributed by atoms with Crippen molar-refractivity contribution in [2.45, 2.75) is 6.61 Å². The van der Waals surface area contributed by atoms with E-state index in [4.69, 9.17) is 13.9 Å². The Labute approximate surface area is 148 Å². The second-order valence-corrected chi connectivity index (χ2v) is 5.44. The van der Waals surface area contributed by atoms with Crippen LogP contribution in [0.25, 0.3) is 11.0 Å². The van der Waals surface area contributed by atoms with E-state index in [0.717, 1.165) is 5.39 Å². The van der Waals surface area contributed by atoms with Crippen LogP contribution in [0.5, 0.6) is 0 Å². The Kier molecular flexibility index (Phi) is 5.28. The lowest BCUT2D eigenvalue weighted by atomic mass is 10.1. The number of benzene rings is 2. The smallest absolute Gasteiger partial charge is 0.375 e. The van der Waals surface area contributed by atoms with E-state index in [2.05, 4.69) is 5.32 Å². The van der Waals surface area contributed by atoms with Crippen molar-refractivity contribution in [3.8, 4) is 0 Å². The number of fused-ring (bicyclic) bond motifs is 1. The van der Waals surface area contributed by atoms with E-state index in [1.54, 1.807) is 24.3 Å². The molecule has 2 aromatic carbocycles. The second-order valence-electron chi connectivity index (χ2n) is 5.44. The number of esters is 1. The van der Waals surface area contributed by atoms with Gasteiger partial charge in [0.1, 0.15) is 11.4 Å². The predicted molar refractivity (Wildman–Crippen MR) is 92.2 cm³/mol. The first-order valence-electron chi connectivity index (χ1n) is 7.81. The number of hydrogen-bond acceptors (Lipinski definition) is 5. The van der Waals surface area contributed by atoms with Crippen molar-refractivity contribution in [1.82, 2.24) is 0 Å². The Morgan fingerprint density at radius 1 is 1.12 bits per heavy atom. The number of methoxy groups -OCH3 is 1. The molecule has 0 atom stereocenters. The van der Waals surface area contributed by atoms with Gasteiger partial charge in [-0.25, -0.2) is 9.18 Å². The number of carbonyl (C=O) groups is 2. The molecule has 0 saturated carbocycles. The van der Waals surface area contributed by atoms with Crippen molar-refractivity contribution in [2.75, 3.05) is 19.0 Å². The molecule has 7 heteroatoms. The zero-order chi connectivity index (χ0) is 18.5. The van der Waals surface area contributed by atoms with E-state index < -0.39 is 24.3 Å². The number of nitrogens with one attached hydrogen (secondary N) is 1. The van der Waals surface area contributed by atoms with E-state index in [0.29, 0.717) is 11.1 Å². The Morgan fingerprint density at radius 2 is 1.85 bits per heavy atom. The number of halogens is 1. The number of ether oxygens (including phenoxy) is 2. The maximum atomic E-state index is 13.5. The summed E-state index contributed by atoms with van der Waals surface area (Å²) < 4.78 is 29.2. The average molecular weight is 357 g/mol. The number of amides is 1. The van der Waals surface area contributed by atoms with Gasteiger partial charge in [-0.2, -0.15) is 0 Å². The fourth-order valence-corrected chi connectivity index (χ4v) is 2.50. The van der Waals surface area contributed by atoms with Crippen LogP contribution >= 0.6 is 0 Å². The van der Waals surface area contributed by atoms with Gasteiger partial charge in [0.2, 0.25) is 5.76 Å². The molecule has 0 bridgehead atoms. The second kappa shape index (κ2) is 7.79. The predicted octanol–water partition coefficient (Wildman–Crippen LogP) is 3.51. The molecule has 26 heavy (non-hydrogen) atoms. The molecule has 0 unspecified atom stereocenters. The number of furan rings is 1. The summed E-state index contributed by atoms with van der Waals surface area (Å²) in [6, 6.07) is 12.8. The highest BCUT2D eigenvalue weighted by Gasteiger charge is 2.22. The first kappa shape index (κ1) is 17.6. The largest absolute Gasteiger partial charge is 0.450 e. The monoisotopic (exact) mass is 357 g/mol. The van der Waals surface area contributed by atoms with Gasteiger partial charge in [0, 0.05) is 18.1 Å². The summed E-state index contributed by atoms with van der Waals surface area (Å²) in [6.45, 7) is -0.417. The molecule has 0 fully saturated rings. The molecule has 0 aliphatic carbocycles. The van der Waals surface area contributed by atoms with Gasteiger partial charge < -0.3 is 19.2 Å². The molecule has 0 aliphatic rings. The summed E-state index contributed by atoms with van der Waals surface area (Å²) in [6.07, 6.45) is 0. The molecule has 0 spiro atoms. The number of hydrogen-bond donors (Lipinski definition) is 1. The quantitative estimate of drug-likeness (QED) is 0.683. The number of para-hydroxylation sites is 2. The van der Waals surface area contributed by atoms with Crippen molar-refractivity contribution < 1.29 is 27.9 Å². The lowest BCUT2D eigenvalue weighted by molar-refractivity contribution is -0.119. The van der Waals surface area contributed by atoms with Crippen molar-refractivity contribution >= 4 is 28.5 Å². The summed E-state index contributed by atoms with van der Waals surface area (Å²) in [7, 11) is 1.50. The van der Waals surface area contributed by atoms with E-state index in [1.807, 2.05) is 6.07 Å². The van der Waals surface area contributed by atoms with Crippen LogP contribution in [0.2, 0.25) is 0 Å². The van der Waals surface area contributed by atoms with Gasteiger partial charge in [0.05, 0.1) is 12.3 Å². The van der Waals surface area contributed by atoms with E-state index in [1.165, 1.54) is 25.3 Å². The zero-order valence-corrected chi connectivity index (χ0v) is 14.0. The Morgan fingerprint density at radius 3 is 2.62 bits per heavy atom. The zero-order valence-electron chi connectivity index (χ0n) is 14.0. The SMILES string of the molecule is COCc1c(C(=O)OCC(=O)Nc2ccccc2F)oc2ccccc12. The number of anilines is 1. The highest BCUT2D eigenvalue weighted by molar-refractivity contribution is 5.98. The Balaban J connectivity index is 1.70. The van der Waals surface area contributed by atoms with E-state index >= 15 is 0 Å². The molecule has 6 nitrogen and oxygen atoms in total. The first-order chi connectivity index (χ1) is 12.6. The third-order valence-corrected chi connectivity index (χ3v) is 3.65. The van der Waals surface area contributed by atoms with Crippen LogP contribution in [-0.2, 0) is 20.9 Å². The van der Waals surface area contributed by atoms with Crippen LogP contribution in [0, 0.1) is 5.82 Å². The molecule has 134 valence electrons. The van der Waals surface area contributed by atoms with Gasteiger partial charge in [-0.3, -0.25) is 4.79 Å². The van der Waals surface area contributed by atoms with Crippen molar-refractivity contribution in [1.29, 1.82) is 0 Å². The fourth-order valence-electron chi connectivity index (χ4n) is 2.50. The Hall–Kier alpha value is -3.19. The molecule has 1 heterocycles. The molecule has 0 saturated heterocycles. The first-order valence-corrected chi connectivity index (χ1v) is 7.81. The van der Waals surface area contributed by atoms with Gasteiger partial charge in [-0.15, -0.1) is 0 Å². The third kappa shape index (κ3) is 3.73. The summed E-state index contributed by atoms with van der Waals surface area (Å²) in [5, 5.41) is 3.07. The molecule has 3 aromatic rings. The van der Waals surface area contributed by atoms with Crippen LogP contribution in [-0.4, -0.2) is 25.6 Å². The molecular formula is C19H16FNO5. The van der Waals surface area contributed by atoms with E-state index in [-0.39, 0.29) is 18.1 Å². The molecule has 1 N–H and O–H groups in total. The molecular weight excluding hydrogens is 341 g/mol. The molecule has 1 amide bonds. The number of carbonyl (C=O) groups excluding carboxylic acids is 2. The normalized spacial score (nSPS) is 10.7. The van der Waals surface area contributed by atoms with Crippen molar-refractivity contribution in [2.24, 2.45) is 0 Å². The van der Waals surface area contributed by atoms with Gasteiger partial charge in [-0.05, 0) is 18.2 Å². The minimum atomic E-state index is -0.795. The van der Waals surface area contributed by atoms with Gasteiger partial charge in [0.25, 0.3) is 5.91 Å². The van der Waals surface area contributed by atoms with Gasteiger partial charge in [-0.1, -0.05) is 30.3 Å². The maximum Gasteiger partial charge on any atom is 0.375 e. The van der Waals surface area contributed by atoms with Gasteiger partial charge >= 0.3 is 5.97 Å². The fraction of sp³-hybridized carbons (Fsp3) is 0.158. The standard InChI is InChI=1S/C19H16FNO5/c1-24-10-13-12-6-2-5-9-16(12)26-18(13)19(23)25-11-17(22)21-15-8-4-3-7-14(15)20/h2-9H,10-11H2,1H3,(H,21,22). The van der Waals surface area contributed by atoms with Crippen LogP contribution < -0.4 is 5.32 Å². The molecule has 1 aromatic heterocycles. The van der Waals surface area contributed by atoms with Crippen molar-refractivity contribution in [3.63, 3.8) is 0 Å². The lowest BCUT2D eigenvalue weighted by Gasteiger charge is -2.07. The highest BCUT2D eigenvalue weighted by Crippen LogP contribution is 2.27. The third-order valence-electron chi connectivity index (χ3n) is 3.65. The highest BCUT2D eigenvalue weighted by atomic mass is 19.1. The molecule has 0 radical (unpaired) electrons. The minimum absolute atomic E-state index is 0.0114. The van der Waals surface area contributed by atoms with Gasteiger partial charge in [0.15, 0.2) is 6.61 Å².